The van der Waals surface area contributed by atoms with Crippen molar-refractivity contribution < 1.29 is 0 Å². The first-order chi connectivity index (χ1) is 7.34. The van der Waals surface area contributed by atoms with Crippen LogP contribution in [0.1, 0.15) is 11.4 Å². The predicted molar refractivity (Wildman–Crippen MR) is 59.7 cm³/mol. The quantitative estimate of drug-likeness (QED) is 0.887. The zero-order valence-corrected chi connectivity index (χ0v) is 9.42. The molecule has 0 bridgehead atoms. The van der Waals surface area contributed by atoms with E-state index >= 15 is 0 Å². The highest BCUT2D eigenvalue weighted by atomic mass is 35.5. The molecule has 0 aliphatic heterocycles. The Bertz CT molecular complexity index is 401. The lowest BCUT2D eigenvalue weighted by molar-refractivity contribution is 0.665. The van der Waals surface area contributed by atoms with Crippen LogP contribution in [0.15, 0.2) is 23.7 Å². The van der Waals surface area contributed by atoms with Gasteiger partial charge in [-0.1, -0.05) is 16.1 Å². The summed E-state index contributed by atoms with van der Waals surface area (Å²) in [5.41, 5.74) is 1.91. The fourth-order valence-corrected chi connectivity index (χ4v) is 1.65. The molecule has 0 saturated heterocycles. The van der Waals surface area contributed by atoms with Crippen molar-refractivity contribution in [3.8, 4) is 0 Å². The number of nitrogens with zero attached hydrogens (tertiary/aromatic N) is 3. The first-order valence-corrected chi connectivity index (χ1v) is 5.63. The Kier molecular flexibility index (Phi) is 3.60. The summed E-state index contributed by atoms with van der Waals surface area (Å²) < 4.78 is 3.78. The zero-order chi connectivity index (χ0) is 10.5. The first kappa shape index (κ1) is 10.5. The van der Waals surface area contributed by atoms with E-state index in [4.69, 9.17) is 11.6 Å². The van der Waals surface area contributed by atoms with E-state index in [1.54, 1.807) is 6.20 Å². The average Bonchev–Trinajstić information content (AvgIpc) is 2.74. The predicted octanol–water partition coefficient (Wildman–Crippen LogP) is 1.88. The van der Waals surface area contributed by atoms with Gasteiger partial charge in [-0.15, -0.1) is 5.10 Å². The molecule has 0 unspecified atom stereocenters. The van der Waals surface area contributed by atoms with Crippen LogP contribution in [0.5, 0.6) is 0 Å². The lowest BCUT2D eigenvalue weighted by Crippen LogP contribution is -2.13. The largest absolute Gasteiger partial charge is 0.305 e. The van der Waals surface area contributed by atoms with Gasteiger partial charge in [0.2, 0.25) is 0 Å². The van der Waals surface area contributed by atoms with Crippen LogP contribution in [0.3, 0.4) is 0 Å². The second-order valence-electron chi connectivity index (χ2n) is 2.97. The molecule has 15 heavy (non-hydrogen) atoms. The van der Waals surface area contributed by atoms with E-state index in [1.807, 2.05) is 17.5 Å². The molecule has 0 spiro atoms. The van der Waals surface area contributed by atoms with Crippen LogP contribution in [0.4, 0.5) is 0 Å². The molecule has 0 radical (unpaired) electrons. The van der Waals surface area contributed by atoms with Crippen molar-refractivity contribution in [3.63, 3.8) is 0 Å². The molecule has 0 aliphatic rings. The topological polar surface area (TPSA) is 50.7 Å². The van der Waals surface area contributed by atoms with E-state index < -0.39 is 0 Å². The Morgan fingerprint density at radius 2 is 2.13 bits per heavy atom. The Morgan fingerprint density at radius 3 is 2.80 bits per heavy atom. The van der Waals surface area contributed by atoms with E-state index in [2.05, 4.69) is 19.9 Å². The van der Waals surface area contributed by atoms with Gasteiger partial charge in [-0.25, -0.2) is 0 Å². The zero-order valence-electron chi connectivity index (χ0n) is 7.85. The lowest BCUT2D eigenvalue weighted by Gasteiger charge is -2.01. The monoisotopic (exact) mass is 240 g/mol. The fraction of sp³-hybridized carbons (Fsp3) is 0.222. The minimum atomic E-state index is 0.655. The van der Waals surface area contributed by atoms with Crippen molar-refractivity contribution in [1.82, 2.24) is 19.9 Å². The van der Waals surface area contributed by atoms with Gasteiger partial charge >= 0.3 is 0 Å². The molecule has 1 N–H and O–H groups in total. The molecule has 0 saturated carbocycles. The van der Waals surface area contributed by atoms with Gasteiger partial charge in [0.15, 0.2) is 0 Å². The molecule has 2 rings (SSSR count). The summed E-state index contributed by atoms with van der Waals surface area (Å²) >= 11 is 7.08. The molecule has 0 amide bonds. The smallest absolute Gasteiger partial charge is 0.0893 e. The molecular weight excluding hydrogens is 232 g/mol. The molecule has 2 heterocycles. The molecule has 4 nitrogen and oxygen atoms in total. The van der Waals surface area contributed by atoms with Crippen LogP contribution in [-0.2, 0) is 13.1 Å². The summed E-state index contributed by atoms with van der Waals surface area (Å²) in [5, 5.41) is 9.72. The number of aromatic nitrogens is 3. The highest BCUT2D eigenvalue weighted by Crippen LogP contribution is 2.06. The van der Waals surface area contributed by atoms with Gasteiger partial charge in [-0.3, -0.25) is 4.98 Å². The SMILES string of the molecule is Clc1ccc(CNCc2csnn2)nc1. The Morgan fingerprint density at radius 1 is 1.27 bits per heavy atom. The second-order valence-corrected chi connectivity index (χ2v) is 4.01. The van der Waals surface area contributed by atoms with Gasteiger partial charge in [0, 0.05) is 24.7 Å². The summed E-state index contributed by atoms with van der Waals surface area (Å²) in [6.45, 7) is 1.41. The van der Waals surface area contributed by atoms with Crippen LogP contribution < -0.4 is 5.32 Å². The van der Waals surface area contributed by atoms with E-state index in [-0.39, 0.29) is 0 Å². The number of rotatable bonds is 4. The van der Waals surface area contributed by atoms with E-state index in [9.17, 15) is 0 Å². The third-order valence-corrected chi connectivity index (χ3v) is 2.58. The molecule has 6 heteroatoms. The molecule has 2 aromatic rings. The maximum Gasteiger partial charge on any atom is 0.0893 e. The highest BCUT2D eigenvalue weighted by molar-refractivity contribution is 7.03. The number of hydrogen-bond acceptors (Lipinski definition) is 5. The van der Waals surface area contributed by atoms with Gasteiger partial charge in [-0.05, 0) is 23.7 Å². The summed E-state index contributed by atoms with van der Waals surface area (Å²) in [6, 6.07) is 3.73. The standard InChI is InChI=1S/C9H9ClN4S/c10-7-1-2-8(12-3-7)4-11-5-9-6-15-14-13-9/h1-3,6,11H,4-5H2. The molecule has 0 fully saturated rings. The van der Waals surface area contributed by atoms with Crippen LogP contribution >= 0.6 is 23.1 Å². The van der Waals surface area contributed by atoms with Gasteiger partial charge in [0.1, 0.15) is 0 Å². The van der Waals surface area contributed by atoms with Gasteiger partial charge < -0.3 is 5.32 Å². The summed E-state index contributed by atoms with van der Waals surface area (Å²) in [7, 11) is 0. The molecule has 0 aliphatic carbocycles. The highest BCUT2D eigenvalue weighted by Gasteiger charge is 1.97. The summed E-state index contributed by atoms with van der Waals surface area (Å²) in [5.74, 6) is 0. The number of halogens is 1. The van der Waals surface area contributed by atoms with E-state index in [0.29, 0.717) is 18.1 Å². The number of hydrogen-bond donors (Lipinski definition) is 1. The van der Waals surface area contributed by atoms with Gasteiger partial charge in [-0.2, -0.15) is 0 Å². The summed E-state index contributed by atoms with van der Waals surface area (Å²) in [4.78, 5) is 4.17. The minimum absolute atomic E-state index is 0.655. The van der Waals surface area contributed by atoms with Crippen LogP contribution in [0.2, 0.25) is 5.02 Å². The number of pyridine rings is 1. The van der Waals surface area contributed by atoms with Crippen molar-refractivity contribution in [2.75, 3.05) is 0 Å². The van der Waals surface area contributed by atoms with E-state index in [0.717, 1.165) is 11.4 Å². The molecule has 78 valence electrons. The Hall–Kier alpha value is -1.04. The average molecular weight is 241 g/mol. The van der Waals surface area contributed by atoms with Crippen molar-refractivity contribution in [2.24, 2.45) is 0 Å². The van der Waals surface area contributed by atoms with Crippen LogP contribution in [-0.4, -0.2) is 14.6 Å². The molecular formula is C9H9ClN4S. The first-order valence-electron chi connectivity index (χ1n) is 4.41. The maximum absolute atomic E-state index is 5.73. The Balaban J connectivity index is 1.81. The number of nitrogens with one attached hydrogen (secondary N) is 1. The van der Waals surface area contributed by atoms with Crippen molar-refractivity contribution >= 4 is 23.1 Å². The van der Waals surface area contributed by atoms with E-state index in [1.165, 1.54) is 11.5 Å². The Labute approximate surface area is 96.5 Å². The molecule has 2 aromatic heterocycles. The van der Waals surface area contributed by atoms with Crippen LogP contribution in [0, 0.1) is 0 Å². The third-order valence-electron chi connectivity index (χ3n) is 1.81. The van der Waals surface area contributed by atoms with Crippen LogP contribution in [0.25, 0.3) is 0 Å². The second kappa shape index (κ2) is 5.16. The maximum atomic E-state index is 5.73. The molecule has 0 atom stereocenters. The third kappa shape index (κ3) is 3.23. The van der Waals surface area contributed by atoms with Crippen molar-refractivity contribution in [2.45, 2.75) is 13.1 Å². The van der Waals surface area contributed by atoms with Crippen molar-refractivity contribution in [3.05, 3.63) is 40.1 Å². The van der Waals surface area contributed by atoms with Gasteiger partial charge in [0.05, 0.1) is 16.4 Å². The normalized spacial score (nSPS) is 10.5. The fourth-order valence-electron chi connectivity index (χ4n) is 1.09. The minimum Gasteiger partial charge on any atom is -0.305 e. The molecule has 0 aromatic carbocycles. The summed E-state index contributed by atoms with van der Waals surface area (Å²) in [6.07, 6.45) is 1.64. The van der Waals surface area contributed by atoms with Crippen molar-refractivity contribution in [1.29, 1.82) is 0 Å². The lowest BCUT2D eigenvalue weighted by atomic mass is 10.3. The van der Waals surface area contributed by atoms with Gasteiger partial charge in [0.25, 0.3) is 0 Å².